The molecule has 0 unspecified atom stereocenters. The number of hydrogen-bond acceptors (Lipinski definition) is 6. The molecule has 2 atom stereocenters. The van der Waals surface area contributed by atoms with Crippen LogP contribution in [0, 0.1) is 0 Å². The Balaban J connectivity index is 2.06. The van der Waals surface area contributed by atoms with Crippen LogP contribution in [0.2, 0.25) is 5.15 Å². The van der Waals surface area contributed by atoms with Crippen LogP contribution in [0.4, 0.5) is 5.95 Å². The second-order valence-corrected chi connectivity index (χ2v) is 4.19. The molecule has 7 nitrogen and oxygen atoms in total. The smallest absolute Gasteiger partial charge is 0.223 e. The number of aromatic nitrogens is 4. The second kappa shape index (κ2) is 4.20. The highest BCUT2D eigenvalue weighted by Gasteiger charge is 2.22. The van der Waals surface area contributed by atoms with E-state index in [-0.39, 0.29) is 30.0 Å². The van der Waals surface area contributed by atoms with E-state index < -0.39 is 0 Å². The summed E-state index contributed by atoms with van der Waals surface area (Å²) in [4.78, 5) is 12.1. The number of rotatable bonds is 2. The molecule has 0 saturated heterocycles. The molecule has 0 radical (unpaired) electrons. The zero-order chi connectivity index (χ0) is 12.7. The molecule has 0 bridgehead atoms. The molecule has 1 aliphatic rings. The summed E-state index contributed by atoms with van der Waals surface area (Å²) >= 11 is 5.93. The third kappa shape index (κ3) is 1.72. The van der Waals surface area contributed by atoms with Gasteiger partial charge >= 0.3 is 0 Å². The van der Waals surface area contributed by atoms with Crippen molar-refractivity contribution in [1.82, 2.24) is 19.5 Å². The van der Waals surface area contributed by atoms with Gasteiger partial charge < -0.3 is 15.6 Å². The number of nitrogen functional groups attached to an aromatic ring is 1. The van der Waals surface area contributed by atoms with E-state index in [1.165, 1.54) is 0 Å². The van der Waals surface area contributed by atoms with Crippen molar-refractivity contribution in [1.29, 1.82) is 0 Å². The topological polar surface area (TPSA) is 99.1 Å². The van der Waals surface area contributed by atoms with Crippen molar-refractivity contribution in [3.63, 3.8) is 0 Å². The molecular weight excluding hydrogens is 258 g/mol. The van der Waals surface area contributed by atoms with E-state index in [1.54, 1.807) is 17.0 Å². The van der Waals surface area contributed by atoms with E-state index in [2.05, 4.69) is 15.0 Å². The van der Waals surface area contributed by atoms with Crippen LogP contribution in [0.3, 0.4) is 0 Å². The highest BCUT2D eigenvalue weighted by Crippen LogP contribution is 2.27. The predicted molar refractivity (Wildman–Crippen MR) is 64.9 cm³/mol. The van der Waals surface area contributed by atoms with Gasteiger partial charge in [-0.05, 0) is 6.08 Å². The lowest BCUT2D eigenvalue weighted by Crippen LogP contribution is -2.15. The third-order valence-electron chi connectivity index (χ3n) is 2.65. The quantitative estimate of drug-likeness (QED) is 0.607. The second-order valence-electron chi connectivity index (χ2n) is 3.83. The lowest BCUT2D eigenvalue weighted by atomic mass is 10.4. The monoisotopic (exact) mass is 267 g/mol. The number of imidazole rings is 1. The lowest BCUT2D eigenvalue weighted by Gasteiger charge is -2.13. The van der Waals surface area contributed by atoms with Gasteiger partial charge in [0.2, 0.25) is 5.95 Å². The molecule has 8 heteroatoms. The minimum absolute atomic E-state index is 0.0719. The van der Waals surface area contributed by atoms with Gasteiger partial charge in [-0.3, -0.25) is 4.57 Å². The number of aliphatic hydroxyl groups is 1. The number of aliphatic hydroxyl groups excluding tert-OH is 1. The zero-order valence-electron chi connectivity index (χ0n) is 9.19. The summed E-state index contributed by atoms with van der Waals surface area (Å²) in [5.74, 6) is 0.0786. The summed E-state index contributed by atoms with van der Waals surface area (Å²) in [6.07, 6.45) is 4.45. The summed E-state index contributed by atoms with van der Waals surface area (Å²) in [6.45, 7) is -0.0719. The number of nitrogens with two attached hydrogens (primary N) is 1. The minimum atomic E-state index is -0.377. The van der Waals surface area contributed by atoms with Crippen LogP contribution in [-0.4, -0.2) is 37.3 Å². The van der Waals surface area contributed by atoms with E-state index in [4.69, 9.17) is 27.2 Å². The SMILES string of the molecule is Nc1nc(Cl)c2ncn([C@H]3C=C[C@@H](CO)O3)c2n1. The van der Waals surface area contributed by atoms with Crippen molar-refractivity contribution in [2.24, 2.45) is 0 Å². The molecule has 3 rings (SSSR count). The Bertz CT molecular complexity index is 626. The third-order valence-corrected chi connectivity index (χ3v) is 2.92. The van der Waals surface area contributed by atoms with Crippen LogP contribution in [0.5, 0.6) is 0 Å². The Kier molecular flexibility index (Phi) is 2.66. The molecule has 0 saturated carbocycles. The molecule has 0 aromatic carbocycles. The van der Waals surface area contributed by atoms with E-state index in [9.17, 15) is 0 Å². The molecule has 18 heavy (non-hydrogen) atoms. The molecule has 2 aromatic rings. The Hall–Kier alpha value is -1.70. The van der Waals surface area contributed by atoms with Gasteiger partial charge in [-0.2, -0.15) is 9.97 Å². The van der Waals surface area contributed by atoms with Crippen LogP contribution in [-0.2, 0) is 4.74 Å². The molecular formula is C10H10ClN5O2. The summed E-state index contributed by atoms with van der Waals surface area (Å²) in [5, 5.41) is 9.22. The Morgan fingerprint density at radius 2 is 2.28 bits per heavy atom. The number of ether oxygens (including phenoxy) is 1. The molecule has 3 heterocycles. The van der Waals surface area contributed by atoms with Gasteiger partial charge in [-0.25, -0.2) is 4.98 Å². The maximum atomic E-state index is 9.01. The van der Waals surface area contributed by atoms with Gasteiger partial charge in [0.05, 0.1) is 12.9 Å². The van der Waals surface area contributed by atoms with Gasteiger partial charge in [0, 0.05) is 0 Å². The first-order valence-corrected chi connectivity index (χ1v) is 5.67. The number of anilines is 1. The van der Waals surface area contributed by atoms with Gasteiger partial charge in [0.25, 0.3) is 0 Å². The molecule has 0 aliphatic carbocycles. The highest BCUT2D eigenvalue weighted by atomic mass is 35.5. The van der Waals surface area contributed by atoms with Gasteiger partial charge in [0.1, 0.15) is 11.6 Å². The maximum absolute atomic E-state index is 9.01. The van der Waals surface area contributed by atoms with Crippen molar-refractivity contribution in [3.8, 4) is 0 Å². The van der Waals surface area contributed by atoms with Crippen molar-refractivity contribution < 1.29 is 9.84 Å². The number of fused-ring (bicyclic) bond motifs is 1. The average Bonchev–Trinajstić information content (AvgIpc) is 2.93. The Morgan fingerprint density at radius 3 is 3.00 bits per heavy atom. The molecule has 94 valence electrons. The Labute approximate surface area is 107 Å². The highest BCUT2D eigenvalue weighted by molar-refractivity contribution is 6.33. The van der Waals surface area contributed by atoms with Crippen LogP contribution >= 0.6 is 11.6 Å². The van der Waals surface area contributed by atoms with Crippen LogP contribution in [0.1, 0.15) is 6.23 Å². The largest absolute Gasteiger partial charge is 0.393 e. The molecule has 0 spiro atoms. The number of nitrogens with zero attached hydrogens (tertiary/aromatic N) is 4. The van der Waals surface area contributed by atoms with Crippen molar-refractivity contribution in [2.45, 2.75) is 12.3 Å². The van der Waals surface area contributed by atoms with Gasteiger partial charge in [-0.15, -0.1) is 0 Å². The number of hydrogen-bond donors (Lipinski definition) is 2. The van der Waals surface area contributed by atoms with Crippen molar-refractivity contribution in [3.05, 3.63) is 23.6 Å². The standard InChI is InChI=1S/C10H10ClN5O2/c11-8-7-9(15-10(12)14-8)16(4-13-7)6-2-1-5(3-17)18-6/h1-2,4-6,17H,3H2,(H2,12,14,15)/t5-,6+/m0/s1. The molecule has 1 aliphatic heterocycles. The molecule has 3 N–H and O–H groups in total. The molecule has 0 fully saturated rings. The molecule has 2 aromatic heterocycles. The first-order valence-electron chi connectivity index (χ1n) is 5.29. The van der Waals surface area contributed by atoms with Crippen LogP contribution in [0.25, 0.3) is 11.2 Å². The van der Waals surface area contributed by atoms with E-state index in [0.717, 1.165) is 0 Å². The first kappa shape index (κ1) is 11.4. The fraction of sp³-hybridized carbons (Fsp3) is 0.300. The lowest BCUT2D eigenvalue weighted by molar-refractivity contribution is -0.00638. The summed E-state index contributed by atoms with van der Waals surface area (Å²) in [5.41, 5.74) is 6.53. The van der Waals surface area contributed by atoms with Crippen LogP contribution in [0.15, 0.2) is 18.5 Å². The van der Waals surface area contributed by atoms with Gasteiger partial charge in [-0.1, -0.05) is 17.7 Å². The van der Waals surface area contributed by atoms with Crippen molar-refractivity contribution >= 4 is 28.7 Å². The van der Waals surface area contributed by atoms with Crippen molar-refractivity contribution in [2.75, 3.05) is 12.3 Å². The van der Waals surface area contributed by atoms with E-state index in [0.29, 0.717) is 11.2 Å². The fourth-order valence-corrected chi connectivity index (χ4v) is 2.05. The average molecular weight is 268 g/mol. The van der Waals surface area contributed by atoms with E-state index >= 15 is 0 Å². The van der Waals surface area contributed by atoms with Gasteiger partial charge in [0.15, 0.2) is 17.0 Å². The first-order chi connectivity index (χ1) is 8.69. The number of halogens is 1. The normalized spacial score (nSPS) is 23.0. The Morgan fingerprint density at radius 1 is 1.44 bits per heavy atom. The summed E-state index contributed by atoms with van der Waals surface area (Å²) in [6, 6.07) is 0. The van der Waals surface area contributed by atoms with Crippen LogP contribution < -0.4 is 5.73 Å². The predicted octanol–water partition coefficient (Wildman–Crippen LogP) is 0.508. The minimum Gasteiger partial charge on any atom is -0.393 e. The molecule has 0 amide bonds. The maximum Gasteiger partial charge on any atom is 0.223 e. The zero-order valence-corrected chi connectivity index (χ0v) is 9.95. The summed E-state index contributed by atoms with van der Waals surface area (Å²) < 4.78 is 7.25. The summed E-state index contributed by atoms with van der Waals surface area (Å²) in [7, 11) is 0. The van der Waals surface area contributed by atoms with E-state index in [1.807, 2.05) is 6.08 Å². The fourth-order valence-electron chi connectivity index (χ4n) is 1.84.